The van der Waals surface area contributed by atoms with Gasteiger partial charge in [-0.05, 0) is 17.5 Å². The third-order valence-corrected chi connectivity index (χ3v) is 5.93. The minimum absolute atomic E-state index is 0.0503. The summed E-state index contributed by atoms with van der Waals surface area (Å²) in [5, 5.41) is 16.4. The highest BCUT2D eigenvalue weighted by molar-refractivity contribution is 5.92. The average Bonchev–Trinajstić information content (AvgIpc) is 2.79. The third-order valence-electron chi connectivity index (χ3n) is 5.93. The minimum atomic E-state index is -0.677. The standard InChI is InChI=1S/C23H30N6O4/c1-33-14-22(31)29-11-18(12-29)27-21-8-20(25-15-26-21)23(32)24-9-19(30)13-28-7-6-16-4-2-3-5-17(16)10-28/h2-5,8,15,18-19,30H,6-7,9-14H2,1H3,(H,24,32)(H,25,26,27). The van der Waals surface area contributed by atoms with Gasteiger partial charge in [-0.25, -0.2) is 9.97 Å². The summed E-state index contributed by atoms with van der Waals surface area (Å²) in [4.78, 5) is 36.4. The number of carbonyl (C=O) groups is 2. The van der Waals surface area contributed by atoms with Gasteiger partial charge in [-0.3, -0.25) is 14.5 Å². The lowest BCUT2D eigenvalue weighted by molar-refractivity contribution is -0.139. The van der Waals surface area contributed by atoms with Gasteiger partial charge in [0.05, 0.1) is 12.1 Å². The van der Waals surface area contributed by atoms with E-state index < -0.39 is 6.10 Å². The van der Waals surface area contributed by atoms with Crippen LogP contribution in [-0.4, -0.2) is 95.3 Å². The quantitative estimate of drug-likeness (QED) is 0.480. The number of anilines is 1. The van der Waals surface area contributed by atoms with Crippen molar-refractivity contribution in [2.24, 2.45) is 0 Å². The second-order valence-corrected chi connectivity index (χ2v) is 8.48. The van der Waals surface area contributed by atoms with E-state index >= 15 is 0 Å². The van der Waals surface area contributed by atoms with Crippen LogP contribution in [-0.2, 0) is 22.5 Å². The number of methoxy groups -OCH3 is 1. The summed E-state index contributed by atoms with van der Waals surface area (Å²) in [6, 6.07) is 9.99. The van der Waals surface area contributed by atoms with Gasteiger partial charge < -0.3 is 25.4 Å². The van der Waals surface area contributed by atoms with Crippen LogP contribution in [0, 0.1) is 0 Å². The second kappa shape index (κ2) is 10.7. The first-order valence-electron chi connectivity index (χ1n) is 11.1. The van der Waals surface area contributed by atoms with Crippen LogP contribution < -0.4 is 10.6 Å². The lowest BCUT2D eigenvalue weighted by Gasteiger charge is -2.39. The number of aliphatic hydroxyl groups is 1. The summed E-state index contributed by atoms with van der Waals surface area (Å²) in [7, 11) is 1.49. The summed E-state index contributed by atoms with van der Waals surface area (Å²) in [6.07, 6.45) is 1.61. The molecule has 1 aromatic carbocycles. The number of fused-ring (bicyclic) bond motifs is 1. The van der Waals surface area contributed by atoms with Crippen LogP contribution >= 0.6 is 0 Å². The first kappa shape index (κ1) is 23.1. The number of aromatic nitrogens is 2. The lowest BCUT2D eigenvalue weighted by Crippen LogP contribution is -2.57. The molecular formula is C23H30N6O4. The number of aliphatic hydroxyl groups excluding tert-OH is 1. The van der Waals surface area contributed by atoms with E-state index in [-0.39, 0.29) is 36.7 Å². The van der Waals surface area contributed by atoms with Crippen LogP contribution in [0.3, 0.4) is 0 Å². The van der Waals surface area contributed by atoms with Crippen LogP contribution in [0.1, 0.15) is 21.6 Å². The van der Waals surface area contributed by atoms with Gasteiger partial charge in [0.15, 0.2) is 0 Å². The smallest absolute Gasteiger partial charge is 0.270 e. The molecule has 1 fully saturated rings. The predicted molar refractivity (Wildman–Crippen MR) is 122 cm³/mol. The molecule has 10 nitrogen and oxygen atoms in total. The highest BCUT2D eigenvalue weighted by atomic mass is 16.5. The molecule has 0 bridgehead atoms. The summed E-state index contributed by atoms with van der Waals surface area (Å²) in [5.41, 5.74) is 2.87. The van der Waals surface area contributed by atoms with Crippen molar-refractivity contribution in [1.29, 1.82) is 0 Å². The molecule has 3 N–H and O–H groups in total. The first-order valence-corrected chi connectivity index (χ1v) is 11.1. The highest BCUT2D eigenvalue weighted by Crippen LogP contribution is 2.18. The maximum absolute atomic E-state index is 12.5. The minimum Gasteiger partial charge on any atom is -0.390 e. The van der Waals surface area contributed by atoms with Crippen molar-refractivity contribution in [3.05, 3.63) is 53.5 Å². The van der Waals surface area contributed by atoms with Crippen molar-refractivity contribution in [2.75, 3.05) is 51.8 Å². The molecule has 10 heteroatoms. The number of benzene rings is 1. The molecule has 4 rings (SSSR count). The molecule has 176 valence electrons. The Balaban J connectivity index is 1.21. The number of ether oxygens (including phenoxy) is 1. The Kier molecular flexibility index (Phi) is 7.48. The number of amides is 2. The molecule has 0 saturated carbocycles. The molecule has 2 amide bonds. The maximum Gasteiger partial charge on any atom is 0.270 e. The van der Waals surface area contributed by atoms with Crippen molar-refractivity contribution in [3.8, 4) is 0 Å². The lowest BCUT2D eigenvalue weighted by atomic mass is 10.00. The van der Waals surface area contributed by atoms with E-state index in [1.165, 1.54) is 24.6 Å². The largest absolute Gasteiger partial charge is 0.390 e. The van der Waals surface area contributed by atoms with Crippen LogP contribution in [0.2, 0.25) is 0 Å². The molecule has 2 aliphatic rings. The fourth-order valence-corrected chi connectivity index (χ4v) is 4.13. The number of rotatable bonds is 9. The van der Waals surface area contributed by atoms with Gasteiger partial charge in [0.1, 0.15) is 24.4 Å². The van der Waals surface area contributed by atoms with E-state index in [0.717, 1.165) is 19.5 Å². The molecule has 1 atom stereocenters. The van der Waals surface area contributed by atoms with E-state index in [1.807, 2.05) is 6.07 Å². The zero-order valence-corrected chi connectivity index (χ0v) is 18.7. The number of hydrogen-bond acceptors (Lipinski definition) is 8. The molecule has 33 heavy (non-hydrogen) atoms. The van der Waals surface area contributed by atoms with Crippen LogP contribution in [0.5, 0.6) is 0 Å². The fourth-order valence-electron chi connectivity index (χ4n) is 4.13. The Morgan fingerprint density at radius 2 is 2.03 bits per heavy atom. The monoisotopic (exact) mass is 454 g/mol. The Morgan fingerprint density at radius 3 is 2.82 bits per heavy atom. The van der Waals surface area contributed by atoms with Gasteiger partial charge in [-0.2, -0.15) is 0 Å². The Morgan fingerprint density at radius 1 is 1.24 bits per heavy atom. The van der Waals surface area contributed by atoms with Crippen molar-refractivity contribution in [2.45, 2.75) is 25.1 Å². The van der Waals surface area contributed by atoms with Gasteiger partial charge in [0.25, 0.3) is 5.91 Å². The van der Waals surface area contributed by atoms with Gasteiger partial charge in [0.2, 0.25) is 5.91 Å². The number of hydrogen-bond donors (Lipinski definition) is 3. The van der Waals surface area contributed by atoms with E-state index in [0.29, 0.717) is 25.5 Å². The van der Waals surface area contributed by atoms with E-state index in [4.69, 9.17) is 4.74 Å². The van der Waals surface area contributed by atoms with Gasteiger partial charge in [0, 0.05) is 52.4 Å². The first-order chi connectivity index (χ1) is 16.0. The molecule has 1 saturated heterocycles. The number of nitrogens with one attached hydrogen (secondary N) is 2. The van der Waals surface area contributed by atoms with Crippen LogP contribution in [0.15, 0.2) is 36.7 Å². The van der Waals surface area contributed by atoms with Crippen LogP contribution in [0.4, 0.5) is 5.82 Å². The van der Waals surface area contributed by atoms with Crippen molar-refractivity contribution in [1.82, 2.24) is 25.1 Å². The number of likely N-dealkylation sites (tertiary alicyclic amines) is 1. The topological polar surface area (TPSA) is 120 Å². The molecule has 0 spiro atoms. The number of nitrogens with zero attached hydrogens (tertiary/aromatic N) is 4. The summed E-state index contributed by atoms with van der Waals surface area (Å²) >= 11 is 0. The third kappa shape index (κ3) is 6.04. The molecule has 1 aromatic heterocycles. The molecule has 1 unspecified atom stereocenters. The maximum atomic E-state index is 12.5. The molecule has 0 radical (unpaired) electrons. The zero-order chi connectivity index (χ0) is 23.2. The molecule has 2 aliphatic heterocycles. The average molecular weight is 455 g/mol. The van der Waals surface area contributed by atoms with Crippen LogP contribution in [0.25, 0.3) is 0 Å². The Hall–Kier alpha value is -3.08. The highest BCUT2D eigenvalue weighted by Gasteiger charge is 2.30. The number of carbonyl (C=O) groups excluding carboxylic acids is 2. The normalized spacial score (nSPS) is 17.1. The predicted octanol–water partition coefficient (Wildman–Crippen LogP) is -0.105. The zero-order valence-electron chi connectivity index (χ0n) is 18.7. The van der Waals surface area contributed by atoms with E-state index in [9.17, 15) is 14.7 Å². The van der Waals surface area contributed by atoms with E-state index in [2.05, 4.69) is 43.7 Å². The second-order valence-electron chi connectivity index (χ2n) is 8.48. The van der Waals surface area contributed by atoms with Gasteiger partial charge in [-0.15, -0.1) is 0 Å². The molecular weight excluding hydrogens is 424 g/mol. The number of β-amino-alcohol motifs (C(OH)–C–C–N with tert-alkyl or cyclic N) is 1. The summed E-state index contributed by atoms with van der Waals surface area (Å²) < 4.78 is 4.86. The molecule has 2 aromatic rings. The fraction of sp³-hybridized carbons (Fsp3) is 0.478. The summed E-state index contributed by atoms with van der Waals surface area (Å²) in [5.74, 6) is 0.103. The summed E-state index contributed by atoms with van der Waals surface area (Å²) in [6.45, 7) is 3.51. The SMILES string of the molecule is COCC(=O)N1CC(Nc2cc(C(=O)NCC(O)CN3CCc4ccccc4C3)ncn2)C1. The van der Waals surface area contributed by atoms with Crippen molar-refractivity contribution in [3.63, 3.8) is 0 Å². The molecule has 0 aliphatic carbocycles. The van der Waals surface area contributed by atoms with Gasteiger partial charge in [-0.1, -0.05) is 24.3 Å². The van der Waals surface area contributed by atoms with E-state index in [1.54, 1.807) is 11.0 Å². The van der Waals surface area contributed by atoms with Gasteiger partial charge >= 0.3 is 0 Å². The Bertz CT molecular complexity index is 981. The molecule has 3 heterocycles. The van der Waals surface area contributed by atoms with Crippen molar-refractivity contribution >= 4 is 17.6 Å². The van der Waals surface area contributed by atoms with Crippen molar-refractivity contribution < 1.29 is 19.4 Å². The Labute approximate surface area is 193 Å².